The largest absolute Gasteiger partial charge is 0.479 e. The summed E-state index contributed by atoms with van der Waals surface area (Å²) < 4.78 is 10.9. The lowest BCUT2D eigenvalue weighted by Crippen LogP contribution is -2.41. The van der Waals surface area contributed by atoms with Gasteiger partial charge in [-0.2, -0.15) is 0 Å². The van der Waals surface area contributed by atoms with E-state index in [1.165, 1.54) is 57.8 Å². The van der Waals surface area contributed by atoms with Crippen molar-refractivity contribution in [1.29, 1.82) is 0 Å². The molecule has 0 aromatic carbocycles. The van der Waals surface area contributed by atoms with E-state index in [1.54, 1.807) is 0 Å². The molecule has 1 aliphatic heterocycles. The van der Waals surface area contributed by atoms with Crippen molar-refractivity contribution in [2.45, 2.75) is 108 Å². The number of thiocarbonyl (C=S) groups is 1. The van der Waals surface area contributed by atoms with Crippen LogP contribution in [0.25, 0.3) is 0 Å². The monoisotopic (exact) mass is 390 g/mol. The number of hydrogen-bond acceptors (Lipinski definition) is 6. The predicted octanol–water partition coefficient (Wildman–Crippen LogP) is 3.51. The van der Waals surface area contributed by atoms with E-state index in [0.717, 1.165) is 12.8 Å². The first-order valence-electron chi connectivity index (χ1n) is 10.4. The van der Waals surface area contributed by atoms with E-state index < -0.39 is 31.0 Å². The first kappa shape index (κ1) is 23.8. The summed E-state index contributed by atoms with van der Waals surface area (Å²) in [5.41, 5.74) is 0. The van der Waals surface area contributed by atoms with E-state index in [9.17, 15) is 10.2 Å². The fourth-order valence-corrected chi connectivity index (χ4v) is 3.59. The molecule has 0 aromatic heterocycles. The number of aliphatic hydroxyl groups excluding tert-OH is 3. The fraction of sp³-hybridized carbons (Fsp3) is 0.950. The maximum Gasteiger partial charge on any atom is 0.160 e. The van der Waals surface area contributed by atoms with Gasteiger partial charge in [-0.3, -0.25) is 0 Å². The number of ether oxygens (including phenoxy) is 2. The molecule has 1 heterocycles. The molecule has 1 rings (SSSR count). The first-order valence-corrected chi connectivity index (χ1v) is 10.8. The smallest absolute Gasteiger partial charge is 0.160 e. The molecule has 3 N–H and O–H groups in total. The summed E-state index contributed by atoms with van der Waals surface area (Å²) in [6, 6.07) is 0. The maximum absolute atomic E-state index is 10.1. The Morgan fingerprint density at radius 1 is 1.04 bits per heavy atom. The van der Waals surface area contributed by atoms with E-state index in [2.05, 4.69) is 6.92 Å². The highest BCUT2D eigenvalue weighted by Crippen LogP contribution is 2.21. The van der Waals surface area contributed by atoms with Gasteiger partial charge < -0.3 is 24.8 Å². The number of hydrogen-bond donors (Lipinski definition) is 3. The summed E-state index contributed by atoms with van der Waals surface area (Å²) in [6.45, 7) is 1.98. The van der Waals surface area contributed by atoms with Crippen LogP contribution in [0.5, 0.6) is 0 Å². The molecule has 4 atom stereocenters. The van der Waals surface area contributed by atoms with Crippen LogP contribution in [0.1, 0.15) is 84.0 Å². The Morgan fingerprint density at radius 2 is 1.58 bits per heavy atom. The Bertz CT molecular complexity index is 366. The number of aliphatic hydroxyl groups is 3. The second-order valence-electron chi connectivity index (χ2n) is 7.35. The normalized spacial score (nSPS) is 23.9. The number of unbranched alkanes of at least 4 members (excludes halogenated alkanes) is 10. The van der Waals surface area contributed by atoms with Gasteiger partial charge in [0.25, 0.3) is 0 Å². The van der Waals surface area contributed by atoms with Crippen molar-refractivity contribution in [1.82, 2.24) is 0 Å². The molecule has 1 fully saturated rings. The zero-order chi connectivity index (χ0) is 19.2. The summed E-state index contributed by atoms with van der Waals surface area (Å²) >= 11 is 5.25. The molecule has 0 aliphatic carbocycles. The molecule has 0 spiro atoms. The van der Waals surface area contributed by atoms with Crippen LogP contribution in [0.3, 0.4) is 0 Å². The minimum atomic E-state index is -1.10. The maximum atomic E-state index is 10.1. The van der Waals surface area contributed by atoms with Crippen LogP contribution in [0.15, 0.2) is 0 Å². The van der Waals surface area contributed by atoms with Crippen LogP contribution in [0.2, 0.25) is 0 Å². The molecule has 6 heteroatoms. The highest BCUT2D eigenvalue weighted by molar-refractivity contribution is 7.80. The average Bonchev–Trinajstić information content (AvgIpc) is 2.99. The van der Waals surface area contributed by atoms with Gasteiger partial charge >= 0.3 is 0 Å². The molecule has 1 saturated heterocycles. The molecule has 5 nitrogen and oxygen atoms in total. The molecular formula is C20H38O5S. The molecule has 154 valence electrons. The van der Waals surface area contributed by atoms with Gasteiger partial charge in [-0.1, -0.05) is 71.1 Å². The van der Waals surface area contributed by atoms with Gasteiger partial charge in [0.2, 0.25) is 0 Å². The highest BCUT2D eigenvalue weighted by Gasteiger charge is 2.41. The molecule has 0 amide bonds. The topological polar surface area (TPSA) is 79.2 Å². The fourth-order valence-electron chi connectivity index (χ4n) is 3.32. The van der Waals surface area contributed by atoms with Crippen LogP contribution in [0.4, 0.5) is 0 Å². The Labute approximate surface area is 164 Å². The zero-order valence-corrected chi connectivity index (χ0v) is 17.1. The van der Waals surface area contributed by atoms with Crippen molar-refractivity contribution >= 4 is 17.3 Å². The van der Waals surface area contributed by atoms with E-state index in [4.69, 9.17) is 26.8 Å². The van der Waals surface area contributed by atoms with Crippen LogP contribution in [0, 0.1) is 0 Å². The van der Waals surface area contributed by atoms with E-state index >= 15 is 0 Å². The van der Waals surface area contributed by atoms with Gasteiger partial charge in [0, 0.05) is 6.42 Å². The van der Waals surface area contributed by atoms with Gasteiger partial charge in [-0.05, 0) is 18.6 Å². The summed E-state index contributed by atoms with van der Waals surface area (Å²) in [6.07, 6.45) is 11.4. The van der Waals surface area contributed by atoms with Crippen LogP contribution < -0.4 is 0 Å². The van der Waals surface area contributed by atoms with Crippen LogP contribution >= 0.6 is 12.2 Å². The molecule has 1 aliphatic rings. The SMILES string of the molecule is CCCCCCCCCCCCCC(=S)O[C@H]1CO[C@@H]([C@H](O)CO)[C@H]1O. The van der Waals surface area contributed by atoms with E-state index in [1.807, 2.05) is 0 Å². The van der Waals surface area contributed by atoms with Gasteiger partial charge in [0.1, 0.15) is 18.3 Å². The van der Waals surface area contributed by atoms with Crippen LogP contribution in [-0.2, 0) is 9.47 Å². The molecule has 0 unspecified atom stereocenters. The van der Waals surface area contributed by atoms with Gasteiger partial charge in [0.15, 0.2) is 11.2 Å². The summed E-state index contributed by atoms with van der Waals surface area (Å²) in [5, 5.41) is 29.1. The Balaban J connectivity index is 1.97. The molecular weight excluding hydrogens is 352 g/mol. The molecule has 0 bridgehead atoms. The summed E-state index contributed by atoms with van der Waals surface area (Å²) in [4.78, 5) is 0. The third-order valence-electron chi connectivity index (χ3n) is 5.00. The van der Waals surface area contributed by atoms with Crippen molar-refractivity contribution in [3.8, 4) is 0 Å². The molecule has 26 heavy (non-hydrogen) atoms. The van der Waals surface area contributed by atoms with E-state index in [0.29, 0.717) is 11.5 Å². The summed E-state index contributed by atoms with van der Waals surface area (Å²) in [7, 11) is 0. The third-order valence-corrected chi connectivity index (χ3v) is 5.30. The molecule has 0 aromatic rings. The lowest BCUT2D eigenvalue weighted by Gasteiger charge is -2.21. The van der Waals surface area contributed by atoms with Crippen molar-refractivity contribution in [2.24, 2.45) is 0 Å². The second kappa shape index (κ2) is 14.7. The Hall–Kier alpha value is -0.270. The molecule has 0 radical (unpaired) electrons. The highest BCUT2D eigenvalue weighted by atomic mass is 32.1. The quantitative estimate of drug-likeness (QED) is 0.293. The Kier molecular flexibility index (Phi) is 13.5. The summed E-state index contributed by atoms with van der Waals surface area (Å²) in [5.74, 6) is 0. The van der Waals surface area contributed by atoms with Gasteiger partial charge in [0.05, 0.1) is 13.2 Å². The van der Waals surface area contributed by atoms with Crippen LogP contribution in [-0.4, -0.2) is 58.0 Å². The average molecular weight is 391 g/mol. The predicted molar refractivity (Wildman–Crippen MR) is 107 cm³/mol. The van der Waals surface area contributed by atoms with Crippen molar-refractivity contribution in [3.05, 3.63) is 0 Å². The third kappa shape index (κ3) is 9.60. The van der Waals surface area contributed by atoms with Crippen molar-refractivity contribution in [2.75, 3.05) is 13.2 Å². The van der Waals surface area contributed by atoms with Gasteiger partial charge in [-0.15, -0.1) is 0 Å². The lowest BCUT2D eigenvalue weighted by molar-refractivity contribution is -0.0679. The van der Waals surface area contributed by atoms with E-state index in [-0.39, 0.29) is 6.61 Å². The minimum Gasteiger partial charge on any atom is -0.479 e. The Morgan fingerprint density at radius 3 is 2.12 bits per heavy atom. The standard InChI is InChI=1S/C20H38O5S/c1-2-3-4-5-6-7-8-9-10-11-12-13-18(26)25-17-15-24-20(19(17)23)16(22)14-21/h16-17,19-23H,2-15H2,1H3/t16-,17+,19+,20+/m1/s1. The number of rotatable bonds is 15. The minimum absolute atomic E-state index is 0.182. The second-order valence-corrected chi connectivity index (χ2v) is 7.81. The van der Waals surface area contributed by atoms with Crippen molar-refractivity contribution in [3.63, 3.8) is 0 Å². The first-order chi connectivity index (χ1) is 12.6. The zero-order valence-electron chi connectivity index (χ0n) is 16.3. The lowest BCUT2D eigenvalue weighted by atomic mass is 10.1. The molecule has 0 saturated carbocycles. The van der Waals surface area contributed by atoms with Gasteiger partial charge in [-0.25, -0.2) is 0 Å². The van der Waals surface area contributed by atoms with Crippen molar-refractivity contribution < 1.29 is 24.8 Å².